The summed E-state index contributed by atoms with van der Waals surface area (Å²) >= 11 is 1.36. The zero-order valence-corrected chi connectivity index (χ0v) is 13.3. The van der Waals surface area contributed by atoms with E-state index in [2.05, 4.69) is 24.1 Å². The SMILES string of the molecule is C[C@H]1CC[C@H](OC(=O)CCC(=O)Nc2nccs2)C[C@@H]1C. The first kappa shape index (κ1) is 15.9. The number of anilines is 1. The molecule has 1 fully saturated rings. The molecule has 116 valence electrons. The summed E-state index contributed by atoms with van der Waals surface area (Å²) < 4.78 is 5.46. The molecular formula is C15H22N2O3S. The molecule has 1 aromatic heterocycles. The standard InChI is InChI=1S/C15H22N2O3S/c1-10-3-4-12(9-11(10)2)20-14(19)6-5-13(18)17-15-16-7-8-21-15/h7-8,10-12H,3-6,9H2,1-2H3,(H,16,17,18)/t10-,11-,12-/m0/s1. The molecule has 1 heterocycles. The van der Waals surface area contributed by atoms with Crippen LogP contribution in [0.25, 0.3) is 0 Å². The molecule has 21 heavy (non-hydrogen) atoms. The van der Waals surface area contributed by atoms with Crippen molar-refractivity contribution < 1.29 is 14.3 Å². The number of hydrogen-bond acceptors (Lipinski definition) is 5. The number of carbonyl (C=O) groups excluding carboxylic acids is 2. The normalized spacial score (nSPS) is 25.3. The number of esters is 1. The quantitative estimate of drug-likeness (QED) is 0.848. The van der Waals surface area contributed by atoms with E-state index in [4.69, 9.17) is 4.74 Å². The highest BCUT2D eigenvalue weighted by molar-refractivity contribution is 7.13. The zero-order valence-electron chi connectivity index (χ0n) is 12.5. The average molecular weight is 310 g/mol. The van der Waals surface area contributed by atoms with E-state index in [1.807, 2.05) is 0 Å². The number of nitrogens with one attached hydrogen (secondary N) is 1. The van der Waals surface area contributed by atoms with Gasteiger partial charge in [-0.3, -0.25) is 9.59 Å². The lowest BCUT2D eigenvalue weighted by Gasteiger charge is -2.31. The van der Waals surface area contributed by atoms with Crippen LogP contribution in [-0.4, -0.2) is 23.0 Å². The fourth-order valence-electron chi connectivity index (χ4n) is 2.53. The summed E-state index contributed by atoms with van der Waals surface area (Å²) in [5, 5.41) is 5.00. The molecule has 1 aromatic rings. The second kappa shape index (κ2) is 7.54. The predicted octanol–water partition coefficient (Wildman–Crippen LogP) is 3.23. The fourth-order valence-corrected chi connectivity index (χ4v) is 3.08. The second-order valence-corrected chi connectivity index (χ2v) is 6.66. The third kappa shape index (κ3) is 5.12. The summed E-state index contributed by atoms with van der Waals surface area (Å²) in [6.45, 7) is 4.44. The number of carbonyl (C=O) groups is 2. The molecule has 0 unspecified atom stereocenters. The Morgan fingerprint density at radius 3 is 2.81 bits per heavy atom. The largest absolute Gasteiger partial charge is 0.462 e. The maximum absolute atomic E-state index is 11.8. The molecule has 0 radical (unpaired) electrons. The Morgan fingerprint density at radius 1 is 1.33 bits per heavy atom. The highest BCUT2D eigenvalue weighted by Crippen LogP contribution is 2.31. The second-order valence-electron chi connectivity index (χ2n) is 5.76. The number of rotatable bonds is 5. The van der Waals surface area contributed by atoms with Crippen LogP contribution in [0.3, 0.4) is 0 Å². The molecule has 3 atom stereocenters. The molecule has 0 spiro atoms. The van der Waals surface area contributed by atoms with Gasteiger partial charge in [-0.05, 0) is 31.1 Å². The van der Waals surface area contributed by atoms with Gasteiger partial charge in [0.1, 0.15) is 6.10 Å². The van der Waals surface area contributed by atoms with E-state index in [-0.39, 0.29) is 30.8 Å². The van der Waals surface area contributed by atoms with Crippen molar-refractivity contribution in [1.29, 1.82) is 0 Å². The van der Waals surface area contributed by atoms with E-state index in [9.17, 15) is 9.59 Å². The minimum atomic E-state index is -0.281. The third-order valence-electron chi connectivity index (χ3n) is 4.08. The maximum Gasteiger partial charge on any atom is 0.306 e. The van der Waals surface area contributed by atoms with Gasteiger partial charge in [0.2, 0.25) is 5.91 Å². The number of thiazole rings is 1. The van der Waals surface area contributed by atoms with Crippen molar-refractivity contribution in [1.82, 2.24) is 4.98 Å². The van der Waals surface area contributed by atoms with Gasteiger partial charge < -0.3 is 10.1 Å². The highest BCUT2D eigenvalue weighted by Gasteiger charge is 2.27. The van der Waals surface area contributed by atoms with Crippen LogP contribution in [0, 0.1) is 11.8 Å². The molecule has 6 heteroatoms. The van der Waals surface area contributed by atoms with Crippen molar-refractivity contribution in [2.24, 2.45) is 11.8 Å². The highest BCUT2D eigenvalue weighted by atomic mass is 32.1. The molecule has 0 saturated heterocycles. The van der Waals surface area contributed by atoms with Gasteiger partial charge in [-0.1, -0.05) is 13.8 Å². The molecule has 1 saturated carbocycles. The van der Waals surface area contributed by atoms with Gasteiger partial charge in [0.25, 0.3) is 0 Å². The lowest BCUT2D eigenvalue weighted by Crippen LogP contribution is -2.29. The summed E-state index contributed by atoms with van der Waals surface area (Å²) in [7, 11) is 0. The van der Waals surface area contributed by atoms with Gasteiger partial charge in [0, 0.05) is 18.0 Å². The van der Waals surface area contributed by atoms with Crippen LogP contribution >= 0.6 is 11.3 Å². The lowest BCUT2D eigenvalue weighted by atomic mass is 9.80. The summed E-state index contributed by atoms with van der Waals surface area (Å²) in [4.78, 5) is 27.4. The minimum Gasteiger partial charge on any atom is -0.462 e. The van der Waals surface area contributed by atoms with Gasteiger partial charge in [0.05, 0.1) is 6.42 Å². The molecule has 1 amide bonds. The van der Waals surface area contributed by atoms with Crippen molar-refractivity contribution in [3.63, 3.8) is 0 Å². The Balaban J connectivity index is 1.66. The summed E-state index contributed by atoms with van der Waals surface area (Å²) in [5.74, 6) is 0.803. The molecule has 0 bridgehead atoms. The van der Waals surface area contributed by atoms with Crippen LogP contribution in [0.4, 0.5) is 5.13 Å². The number of ether oxygens (including phenoxy) is 1. The van der Waals surface area contributed by atoms with Crippen LogP contribution < -0.4 is 5.32 Å². The van der Waals surface area contributed by atoms with E-state index >= 15 is 0 Å². The van der Waals surface area contributed by atoms with Gasteiger partial charge in [-0.25, -0.2) is 4.98 Å². The molecular weight excluding hydrogens is 288 g/mol. The summed E-state index contributed by atoms with van der Waals surface area (Å²) in [6.07, 6.45) is 4.87. The topological polar surface area (TPSA) is 68.3 Å². The van der Waals surface area contributed by atoms with Gasteiger partial charge in [-0.2, -0.15) is 0 Å². The lowest BCUT2D eigenvalue weighted by molar-refractivity contribution is -0.152. The Hall–Kier alpha value is -1.43. The van der Waals surface area contributed by atoms with Crippen LogP contribution in [0.1, 0.15) is 46.0 Å². The molecule has 1 N–H and O–H groups in total. The van der Waals surface area contributed by atoms with E-state index in [1.54, 1.807) is 11.6 Å². The van der Waals surface area contributed by atoms with Crippen molar-refractivity contribution in [2.75, 3.05) is 5.32 Å². The number of aromatic nitrogens is 1. The van der Waals surface area contributed by atoms with Crippen molar-refractivity contribution >= 4 is 28.3 Å². The van der Waals surface area contributed by atoms with Crippen LogP contribution in [0.2, 0.25) is 0 Å². The number of nitrogens with zero attached hydrogens (tertiary/aromatic N) is 1. The monoisotopic (exact) mass is 310 g/mol. The average Bonchev–Trinajstić information content (AvgIpc) is 2.93. The van der Waals surface area contributed by atoms with Crippen LogP contribution in [-0.2, 0) is 14.3 Å². The van der Waals surface area contributed by atoms with Crippen molar-refractivity contribution in [3.8, 4) is 0 Å². The molecule has 5 nitrogen and oxygen atoms in total. The van der Waals surface area contributed by atoms with Crippen molar-refractivity contribution in [3.05, 3.63) is 11.6 Å². The first-order valence-electron chi connectivity index (χ1n) is 7.43. The Labute approximate surface area is 129 Å². The van der Waals surface area contributed by atoms with Crippen LogP contribution in [0.15, 0.2) is 11.6 Å². The molecule has 2 rings (SSSR count). The summed E-state index contributed by atoms with van der Waals surface area (Å²) in [5.41, 5.74) is 0. The van der Waals surface area contributed by atoms with Gasteiger partial charge >= 0.3 is 5.97 Å². The maximum atomic E-state index is 11.8. The molecule has 0 aliphatic heterocycles. The van der Waals surface area contributed by atoms with E-state index in [1.165, 1.54) is 11.3 Å². The zero-order chi connectivity index (χ0) is 15.2. The smallest absolute Gasteiger partial charge is 0.306 e. The Kier molecular flexibility index (Phi) is 5.73. The minimum absolute atomic E-state index is 0.0192. The van der Waals surface area contributed by atoms with Crippen LogP contribution in [0.5, 0.6) is 0 Å². The van der Waals surface area contributed by atoms with E-state index in [0.29, 0.717) is 17.0 Å². The number of hydrogen-bond donors (Lipinski definition) is 1. The Morgan fingerprint density at radius 2 is 2.14 bits per heavy atom. The molecule has 1 aliphatic carbocycles. The Bertz CT molecular complexity index is 475. The molecule has 1 aliphatic rings. The van der Waals surface area contributed by atoms with E-state index < -0.39 is 0 Å². The number of amides is 1. The van der Waals surface area contributed by atoms with E-state index in [0.717, 1.165) is 19.3 Å². The molecule has 0 aromatic carbocycles. The van der Waals surface area contributed by atoms with Gasteiger partial charge in [-0.15, -0.1) is 11.3 Å². The van der Waals surface area contributed by atoms with Gasteiger partial charge in [0.15, 0.2) is 5.13 Å². The predicted molar refractivity (Wildman–Crippen MR) is 82.0 cm³/mol. The first-order chi connectivity index (χ1) is 10.0. The first-order valence-corrected chi connectivity index (χ1v) is 8.31. The summed E-state index contributed by atoms with van der Waals surface area (Å²) in [6, 6.07) is 0. The van der Waals surface area contributed by atoms with Crippen molar-refractivity contribution in [2.45, 2.75) is 52.1 Å². The third-order valence-corrected chi connectivity index (χ3v) is 4.77. The fraction of sp³-hybridized carbons (Fsp3) is 0.667.